The lowest BCUT2D eigenvalue weighted by molar-refractivity contribution is 0.507. The fourth-order valence-electron chi connectivity index (χ4n) is 2.80. The number of hydrogen-bond acceptors (Lipinski definition) is 4. The normalized spacial score (nSPS) is 18.4. The highest BCUT2D eigenvalue weighted by Crippen LogP contribution is 2.25. The molecule has 21 heavy (non-hydrogen) atoms. The van der Waals surface area contributed by atoms with Crippen LogP contribution >= 0.6 is 11.3 Å². The molecule has 6 heteroatoms. The van der Waals surface area contributed by atoms with Crippen LogP contribution < -0.4 is 10.5 Å². The van der Waals surface area contributed by atoms with Gasteiger partial charge in [-0.2, -0.15) is 0 Å². The third-order valence-corrected chi connectivity index (χ3v) is 6.53. The number of fused-ring (bicyclic) bond motifs is 1. The van der Waals surface area contributed by atoms with Crippen LogP contribution in [0, 0.1) is 0 Å². The van der Waals surface area contributed by atoms with Gasteiger partial charge >= 0.3 is 0 Å². The molecule has 4 nitrogen and oxygen atoms in total. The van der Waals surface area contributed by atoms with Gasteiger partial charge in [-0.15, -0.1) is 11.3 Å². The van der Waals surface area contributed by atoms with Crippen LogP contribution in [-0.2, 0) is 29.4 Å². The Balaban J connectivity index is 1.79. The summed E-state index contributed by atoms with van der Waals surface area (Å²) in [5.74, 6) is 0. The first-order valence-corrected chi connectivity index (χ1v) is 9.32. The largest absolute Gasteiger partial charge is 0.326 e. The lowest BCUT2D eigenvalue weighted by atomic mass is 9.89. The minimum absolute atomic E-state index is 0.0459. The van der Waals surface area contributed by atoms with E-state index in [2.05, 4.69) is 16.9 Å². The first kappa shape index (κ1) is 14.7. The summed E-state index contributed by atoms with van der Waals surface area (Å²) in [6.45, 7) is 0.251. The summed E-state index contributed by atoms with van der Waals surface area (Å²) >= 11 is 1.38. The molecule has 0 amide bonds. The summed E-state index contributed by atoms with van der Waals surface area (Å²) in [4.78, 5) is 1.03. The number of aryl methyl sites for hydroxylation is 1. The maximum absolute atomic E-state index is 12.5. The minimum atomic E-state index is -3.48. The monoisotopic (exact) mass is 322 g/mol. The van der Waals surface area contributed by atoms with Crippen LogP contribution in [0.25, 0.3) is 0 Å². The standard InChI is InChI=1S/C15H18N2O2S2/c16-10-14-15(7-8-20-14)21(18,19)17-13-6-5-11-3-1-2-4-12(11)9-13/h1-4,7-8,13,17H,5-6,9-10,16H2. The Labute approximate surface area is 129 Å². The molecule has 1 aliphatic carbocycles. The van der Waals surface area contributed by atoms with Crippen molar-refractivity contribution in [3.8, 4) is 0 Å². The highest BCUT2D eigenvalue weighted by Gasteiger charge is 2.26. The van der Waals surface area contributed by atoms with E-state index < -0.39 is 10.0 Å². The van der Waals surface area contributed by atoms with Gasteiger partial charge in [0.05, 0.1) is 4.90 Å². The van der Waals surface area contributed by atoms with Crippen molar-refractivity contribution in [3.05, 3.63) is 51.7 Å². The van der Waals surface area contributed by atoms with Gasteiger partial charge < -0.3 is 5.73 Å². The van der Waals surface area contributed by atoms with Crippen molar-refractivity contribution in [2.24, 2.45) is 5.73 Å². The maximum Gasteiger partial charge on any atom is 0.241 e. The number of sulfonamides is 1. The second kappa shape index (κ2) is 5.88. The van der Waals surface area contributed by atoms with Gasteiger partial charge in [0.25, 0.3) is 0 Å². The zero-order valence-corrected chi connectivity index (χ0v) is 13.2. The van der Waals surface area contributed by atoms with Gasteiger partial charge in [-0.3, -0.25) is 0 Å². The molecular formula is C15H18N2O2S2. The van der Waals surface area contributed by atoms with E-state index in [1.165, 1.54) is 22.5 Å². The highest BCUT2D eigenvalue weighted by molar-refractivity contribution is 7.89. The molecule has 112 valence electrons. The van der Waals surface area contributed by atoms with E-state index in [1.807, 2.05) is 12.1 Å². The predicted molar refractivity (Wildman–Crippen MR) is 84.8 cm³/mol. The average Bonchev–Trinajstić information content (AvgIpc) is 2.96. The van der Waals surface area contributed by atoms with Crippen LogP contribution in [0.15, 0.2) is 40.6 Å². The molecule has 1 atom stereocenters. The molecule has 0 radical (unpaired) electrons. The van der Waals surface area contributed by atoms with Crippen molar-refractivity contribution < 1.29 is 8.42 Å². The van der Waals surface area contributed by atoms with E-state index in [4.69, 9.17) is 5.73 Å². The highest BCUT2D eigenvalue weighted by atomic mass is 32.2. The Morgan fingerprint density at radius 2 is 2.00 bits per heavy atom. The van der Waals surface area contributed by atoms with Crippen LogP contribution in [0.5, 0.6) is 0 Å². The summed E-state index contributed by atoms with van der Waals surface area (Å²) in [6.07, 6.45) is 2.49. The van der Waals surface area contributed by atoms with Crippen LogP contribution in [0.4, 0.5) is 0 Å². The molecule has 0 bridgehead atoms. The fourth-order valence-corrected chi connectivity index (χ4v) is 5.40. The first-order chi connectivity index (χ1) is 10.1. The van der Waals surface area contributed by atoms with Crippen molar-refractivity contribution in [1.82, 2.24) is 4.72 Å². The van der Waals surface area contributed by atoms with E-state index >= 15 is 0 Å². The van der Waals surface area contributed by atoms with Gasteiger partial charge in [0.1, 0.15) is 0 Å². The topological polar surface area (TPSA) is 72.2 Å². The van der Waals surface area contributed by atoms with Crippen molar-refractivity contribution in [2.75, 3.05) is 0 Å². The molecule has 1 heterocycles. The van der Waals surface area contributed by atoms with E-state index in [9.17, 15) is 8.42 Å². The zero-order valence-electron chi connectivity index (χ0n) is 11.6. The summed E-state index contributed by atoms with van der Waals surface area (Å²) in [7, 11) is -3.48. The number of thiophene rings is 1. The molecule has 0 saturated carbocycles. The molecule has 0 fully saturated rings. The number of rotatable bonds is 4. The van der Waals surface area contributed by atoms with Crippen LogP contribution in [-0.4, -0.2) is 14.5 Å². The number of hydrogen-bond donors (Lipinski definition) is 2. The molecule has 0 aliphatic heterocycles. The average molecular weight is 322 g/mol. The van der Waals surface area contributed by atoms with Crippen LogP contribution in [0.1, 0.15) is 22.4 Å². The second-order valence-corrected chi connectivity index (χ2v) is 7.92. The van der Waals surface area contributed by atoms with Crippen molar-refractivity contribution in [2.45, 2.75) is 36.7 Å². The van der Waals surface area contributed by atoms with Crippen molar-refractivity contribution >= 4 is 21.4 Å². The molecule has 0 saturated heterocycles. The van der Waals surface area contributed by atoms with Gasteiger partial charge in [0, 0.05) is 17.5 Å². The Kier molecular flexibility index (Phi) is 4.12. The third kappa shape index (κ3) is 3.03. The zero-order chi connectivity index (χ0) is 14.9. The molecule has 1 aliphatic rings. The molecule has 3 N–H and O–H groups in total. The summed E-state index contributed by atoms with van der Waals surface area (Å²) in [5, 5.41) is 1.77. The Bertz CT molecular complexity index is 738. The minimum Gasteiger partial charge on any atom is -0.326 e. The van der Waals surface area contributed by atoms with E-state index in [0.717, 1.165) is 19.3 Å². The molecular weight excluding hydrogens is 304 g/mol. The van der Waals surface area contributed by atoms with Gasteiger partial charge in [-0.05, 0) is 41.8 Å². The molecule has 3 rings (SSSR count). The second-order valence-electron chi connectivity index (χ2n) is 5.24. The number of nitrogens with two attached hydrogens (primary N) is 1. The molecule has 1 aromatic heterocycles. The van der Waals surface area contributed by atoms with Crippen molar-refractivity contribution in [1.29, 1.82) is 0 Å². The molecule has 1 aromatic carbocycles. The van der Waals surface area contributed by atoms with Crippen LogP contribution in [0.3, 0.4) is 0 Å². The summed E-state index contributed by atoms with van der Waals surface area (Å²) in [5.41, 5.74) is 8.17. The Morgan fingerprint density at radius 1 is 1.24 bits per heavy atom. The van der Waals surface area contributed by atoms with Crippen LogP contribution in [0.2, 0.25) is 0 Å². The smallest absolute Gasteiger partial charge is 0.241 e. The predicted octanol–water partition coefficient (Wildman–Crippen LogP) is 2.04. The number of benzene rings is 1. The van der Waals surface area contributed by atoms with E-state index in [-0.39, 0.29) is 12.6 Å². The summed E-state index contributed by atoms with van der Waals surface area (Å²) < 4.78 is 27.8. The quantitative estimate of drug-likeness (QED) is 0.905. The van der Waals surface area contributed by atoms with Gasteiger partial charge in [-0.1, -0.05) is 24.3 Å². The van der Waals surface area contributed by atoms with E-state index in [0.29, 0.717) is 9.77 Å². The summed E-state index contributed by atoms with van der Waals surface area (Å²) in [6, 6.07) is 9.81. The van der Waals surface area contributed by atoms with Gasteiger partial charge in [0.2, 0.25) is 10.0 Å². The van der Waals surface area contributed by atoms with Gasteiger partial charge in [-0.25, -0.2) is 13.1 Å². The van der Waals surface area contributed by atoms with Gasteiger partial charge in [0.15, 0.2) is 0 Å². The third-order valence-electron chi connectivity index (χ3n) is 3.85. The molecule has 1 unspecified atom stereocenters. The fraction of sp³-hybridized carbons (Fsp3) is 0.333. The first-order valence-electron chi connectivity index (χ1n) is 6.95. The maximum atomic E-state index is 12.5. The molecule has 0 spiro atoms. The Hall–Kier alpha value is -1.21. The lowest BCUT2D eigenvalue weighted by Crippen LogP contribution is -2.39. The van der Waals surface area contributed by atoms with E-state index in [1.54, 1.807) is 11.4 Å². The lowest BCUT2D eigenvalue weighted by Gasteiger charge is -2.25. The Morgan fingerprint density at radius 3 is 2.76 bits per heavy atom. The number of nitrogens with one attached hydrogen (secondary N) is 1. The SMILES string of the molecule is NCc1sccc1S(=O)(=O)NC1CCc2ccccc2C1. The molecule has 2 aromatic rings. The van der Waals surface area contributed by atoms with Crippen molar-refractivity contribution in [3.63, 3.8) is 0 Å².